The molecule has 0 heterocycles. The van der Waals surface area contributed by atoms with Gasteiger partial charge in [-0.15, -0.1) is 18.2 Å². The maximum absolute atomic E-state index is 13.5. The number of hydrogen-bond acceptors (Lipinski definition) is 0. The van der Waals surface area contributed by atoms with E-state index in [4.69, 9.17) is 11.6 Å². The van der Waals surface area contributed by atoms with Gasteiger partial charge < -0.3 is 0 Å². The molecule has 0 amide bonds. The van der Waals surface area contributed by atoms with Gasteiger partial charge in [-0.05, 0) is 26.8 Å². The van der Waals surface area contributed by atoms with Crippen LogP contribution in [0.5, 0.6) is 0 Å². The molecular weight excluding hydrogens is 163 g/mol. The monoisotopic (exact) mass is 176 g/mol. The molecular formula is C9H14ClF. The van der Waals surface area contributed by atoms with Crippen molar-refractivity contribution >= 4 is 11.6 Å². The molecule has 0 nitrogen and oxygen atoms in total. The van der Waals surface area contributed by atoms with Gasteiger partial charge in [-0.2, -0.15) is 0 Å². The molecule has 0 aliphatic carbocycles. The van der Waals surface area contributed by atoms with Crippen molar-refractivity contribution in [1.29, 1.82) is 0 Å². The molecule has 0 N–H and O–H groups in total. The summed E-state index contributed by atoms with van der Waals surface area (Å²) in [6, 6.07) is 0. The van der Waals surface area contributed by atoms with Crippen LogP contribution in [0.4, 0.5) is 4.39 Å². The second kappa shape index (κ2) is 3.91. The number of allylic oxidation sites excluding steroid dienone is 3. The highest BCUT2D eigenvalue weighted by molar-refractivity contribution is 6.22. The Bertz CT molecular complexity index is 166. The lowest BCUT2D eigenvalue weighted by molar-refractivity contribution is 0.264. The third-order valence-corrected chi connectivity index (χ3v) is 1.92. The summed E-state index contributed by atoms with van der Waals surface area (Å²) in [7, 11) is 0. The zero-order valence-electron chi connectivity index (χ0n) is 7.20. The van der Waals surface area contributed by atoms with E-state index in [-0.39, 0.29) is 0 Å². The molecule has 0 aromatic heterocycles. The second-order valence-electron chi connectivity index (χ2n) is 3.01. The Morgan fingerprint density at radius 1 is 1.64 bits per heavy atom. The van der Waals surface area contributed by atoms with Crippen LogP contribution in [0.2, 0.25) is 0 Å². The zero-order valence-corrected chi connectivity index (χ0v) is 7.95. The van der Waals surface area contributed by atoms with E-state index in [9.17, 15) is 4.39 Å². The summed E-state index contributed by atoms with van der Waals surface area (Å²) < 4.78 is 13.5. The number of rotatable bonds is 3. The first-order valence-electron chi connectivity index (χ1n) is 3.51. The molecule has 0 spiro atoms. The molecule has 0 saturated heterocycles. The van der Waals surface area contributed by atoms with Crippen LogP contribution in [0, 0.1) is 0 Å². The van der Waals surface area contributed by atoms with E-state index in [1.807, 2.05) is 13.8 Å². The van der Waals surface area contributed by atoms with E-state index in [0.717, 1.165) is 5.57 Å². The minimum absolute atomic E-state index is 0.655. The minimum atomic E-state index is -1.48. The van der Waals surface area contributed by atoms with Crippen LogP contribution in [-0.4, -0.2) is 11.0 Å². The zero-order chi connectivity index (χ0) is 9.07. The van der Waals surface area contributed by atoms with Crippen molar-refractivity contribution in [2.75, 3.05) is 0 Å². The molecule has 2 heteroatoms. The van der Waals surface area contributed by atoms with E-state index in [1.165, 1.54) is 19.1 Å². The topological polar surface area (TPSA) is 0 Å². The van der Waals surface area contributed by atoms with Gasteiger partial charge in [0.05, 0.1) is 5.38 Å². The molecule has 0 aliphatic heterocycles. The van der Waals surface area contributed by atoms with Crippen molar-refractivity contribution in [2.24, 2.45) is 0 Å². The van der Waals surface area contributed by atoms with E-state index in [2.05, 4.69) is 6.58 Å². The normalized spacial score (nSPS) is 18.3. The van der Waals surface area contributed by atoms with Gasteiger partial charge in [-0.1, -0.05) is 11.6 Å². The predicted octanol–water partition coefficient (Wildman–Crippen LogP) is 3.47. The quantitative estimate of drug-likeness (QED) is 0.456. The van der Waals surface area contributed by atoms with Gasteiger partial charge >= 0.3 is 0 Å². The van der Waals surface area contributed by atoms with E-state index < -0.39 is 11.0 Å². The average Bonchev–Trinajstić information content (AvgIpc) is 1.83. The molecule has 0 aromatic carbocycles. The lowest BCUT2D eigenvalue weighted by atomic mass is 10.0. The Morgan fingerprint density at radius 3 is 2.36 bits per heavy atom. The van der Waals surface area contributed by atoms with E-state index in [0.29, 0.717) is 0 Å². The lowest BCUT2D eigenvalue weighted by Gasteiger charge is -2.19. The van der Waals surface area contributed by atoms with Gasteiger partial charge in [-0.3, -0.25) is 0 Å². The molecule has 1 unspecified atom stereocenters. The maximum Gasteiger partial charge on any atom is 0.146 e. The SMILES string of the molecule is C=CC(Cl)[C@@](C)(F)C=C(C)C. The van der Waals surface area contributed by atoms with Crippen LogP contribution in [0.3, 0.4) is 0 Å². The fourth-order valence-corrected chi connectivity index (χ4v) is 0.937. The van der Waals surface area contributed by atoms with Gasteiger partial charge in [-0.25, -0.2) is 4.39 Å². The van der Waals surface area contributed by atoms with Crippen LogP contribution < -0.4 is 0 Å². The molecule has 0 bridgehead atoms. The van der Waals surface area contributed by atoms with Gasteiger partial charge in [0.1, 0.15) is 5.67 Å². The van der Waals surface area contributed by atoms with Gasteiger partial charge in [0, 0.05) is 0 Å². The third-order valence-electron chi connectivity index (χ3n) is 1.32. The standard InChI is InChI=1S/C9H14ClF/c1-5-8(10)9(4,11)6-7(2)3/h5-6,8H,1H2,2-4H3/t8?,9-/m0/s1. The Labute approximate surface area is 72.7 Å². The highest BCUT2D eigenvalue weighted by atomic mass is 35.5. The summed E-state index contributed by atoms with van der Waals surface area (Å²) in [6.45, 7) is 8.55. The van der Waals surface area contributed by atoms with Crippen molar-refractivity contribution in [1.82, 2.24) is 0 Å². The van der Waals surface area contributed by atoms with E-state index >= 15 is 0 Å². The van der Waals surface area contributed by atoms with Crippen LogP contribution in [0.15, 0.2) is 24.3 Å². The fourth-order valence-electron chi connectivity index (χ4n) is 0.874. The maximum atomic E-state index is 13.5. The van der Waals surface area contributed by atoms with Crippen LogP contribution in [-0.2, 0) is 0 Å². The average molecular weight is 177 g/mol. The van der Waals surface area contributed by atoms with Crippen LogP contribution in [0.1, 0.15) is 20.8 Å². The number of hydrogen-bond donors (Lipinski definition) is 0. The molecule has 11 heavy (non-hydrogen) atoms. The first kappa shape index (κ1) is 10.7. The van der Waals surface area contributed by atoms with E-state index in [1.54, 1.807) is 0 Å². The smallest absolute Gasteiger partial charge is 0.146 e. The molecule has 0 rings (SSSR count). The summed E-state index contributed by atoms with van der Waals surface area (Å²) >= 11 is 5.66. The van der Waals surface area contributed by atoms with Gasteiger partial charge in [0.15, 0.2) is 0 Å². The van der Waals surface area contributed by atoms with Crippen molar-refractivity contribution in [3.05, 3.63) is 24.3 Å². The molecule has 0 radical (unpaired) electrons. The summed E-state index contributed by atoms with van der Waals surface area (Å²) in [5.74, 6) is 0. The summed E-state index contributed by atoms with van der Waals surface area (Å²) in [4.78, 5) is 0. The highest BCUT2D eigenvalue weighted by Gasteiger charge is 2.27. The number of alkyl halides is 2. The fraction of sp³-hybridized carbons (Fsp3) is 0.556. The molecule has 2 atom stereocenters. The Kier molecular flexibility index (Phi) is 3.81. The van der Waals surface area contributed by atoms with Crippen LogP contribution >= 0.6 is 11.6 Å². The third kappa shape index (κ3) is 3.57. The highest BCUT2D eigenvalue weighted by Crippen LogP contribution is 2.24. The minimum Gasteiger partial charge on any atom is -0.238 e. The summed E-state index contributed by atoms with van der Waals surface area (Å²) in [6.07, 6.45) is 2.91. The molecule has 0 saturated carbocycles. The Morgan fingerprint density at radius 2 is 2.09 bits per heavy atom. The van der Waals surface area contributed by atoms with Gasteiger partial charge in [0.2, 0.25) is 0 Å². The lowest BCUT2D eigenvalue weighted by Crippen LogP contribution is -2.26. The Hall–Kier alpha value is -0.300. The van der Waals surface area contributed by atoms with Crippen molar-refractivity contribution in [2.45, 2.75) is 31.8 Å². The predicted molar refractivity (Wildman–Crippen MR) is 48.8 cm³/mol. The number of halogens is 2. The second-order valence-corrected chi connectivity index (χ2v) is 3.48. The largest absolute Gasteiger partial charge is 0.238 e. The van der Waals surface area contributed by atoms with Gasteiger partial charge in [0.25, 0.3) is 0 Å². The molecule has 0 aromatic rings. The molecule has 64 valence electrons. The van der Waals surface area contributed by atoms with Crippen molar-refractivity contribution < 1.29 is 4.39 Å². The first-order valence-corrected chi connectivity index (χ1v) is 3.95. The molecule has 0 aliphatic rings. The molecule has 0 fully saturated rings. The Balaban J connectivity index is 4.45. The van der Waals surface area contributed by atoms with Crippen LogP contribution in [0.25, 0.3) is 0 Å². The first-order chi connectivity index (χ1) is 4.90. The van der Waals surface area contributed by atoms with Crippen molar-refractivity contribution in [3.8, 4) is 0 Å². The van der Waals surface area contributed by atoms with Crippen molar-refractivity contribution in [3.63, 3.8) is 0 Å². The summed E-state index contributed by atoms with van der Waals surface area (Å²) in [5, 5.41) is -0.655. The summed E-state index contributed by atoms with van der Waals surface area (Å²) in [5.41, 5.74) is -0.565.